The Balaban J connectivity index is 2.99. The van der Waals surface area contributed by atoms with Crippen molar-refractivity contribution in [2.45, 2.75) is 33.0 Å². The number of aromatic nitrogens is 2. The first kappa shape index (κ1) is 15.2. The van der Waals surface area contributed by atoms with Crippen LogP contribution in [0.25, 0.3) is 0 Å². The molecule has 5 nitrogen and oxygen atoms in total. The third-order valence-electron chi connectivity index (χ3n) is 2.41. The largest absolute Gasteiger partial charge is 0.409 e. The van der Waals surface area contributed by atoms with E-state index in [9.17, 15) is 18.0 Å². The van der Waals surface area contributed by atoms with Gasteiger partial charge in [-0.15, -0.1) is 0 Å². The summed E-state index contributed by atoms with van der Waals surface area (Å²) in [6.07, 6.45) is -2.13. The Bertz CT molecular complexity index is 454. The van der Waals surface area contributed by atoms with Gasteiger partial charge in [-0.05, 0) is 5.41 Å². The van der Waals surface area contributed by atoms with Crippen molar-refractivity contribution in [3.8, 4) is 0 Å². The highest BCUT2D eigenvalue weighted by Gasteiger charge is 2.48. The van der Waals surface area contributed by atoms with Gasteiger partial charge < -0.3 is 11.1 Å². The van der Waals surface area contributed by atoms with E-state index in [0.717, 1.165) is 0 Å². The van der Waals surface area contributed by atoms with Crippen LogP contribution in [0.1, 0.15) is 31.3 Å². The van der Waals surface area contributed by atoms with Gasteiger partial charge in [-0.3, -0.25) is 4.79 Å². The number of hydrogen-bond donors (Lipinski definition) is 2. The SMILES string of the molecule is CC(C)(C)C(NC(=O)c1nccnc1N)C(F)(F)F. The van der Waals surface area contributed by atoms with Gasteiger partial charge >= 0.3 is 6.18 Å². The zero-order valence-corrected chi connectivity index (χ0v) is 10.7. The summed E-state index contributed by atoms with van der Waals surface area (Å²) in [4.78, 5) is 19.0. The van der Waals surface area contributed by atoms with Crippen molar-refractivity contribution >= 4 is 11.7 Å². The molecule has 0 spiro atoms. The van der Waals surface area contributed by atoms with Gasteiger partial charge in [0.25, 0.3) is 5.91 Å². The normalized spacial score (nSPS) is 14.0. The highest BCUT2D eigenvalue weighted by Crippen LogP contribution is 2.33. The van der Waals surface area contributed by atoms with Crippen LogP contribution in [-0.4, -0.2) is 28.1 Å². The zero-order valence-electron chi connectivity index (χ0n) is 10.7. The molecular formula is C11H15F3N4O. The summed E-state index contributed by atoms with van der Waals surface area (Å²) in [5.41, 5.74) is 3.89. The van der Waals surface area contributed by atoms with E-state index in [0.29, 0.717) is 0 Å². The smallest absolute Gasteiger partial charge is 0.382 e. The number of hydrogen-bond acceptors (Lipinski definition) is 4. The number of halogens is 3. The number of amides is 1. The van der Waals surface area contributed by atoms with Crippen LogP contribution in [0.5, 0.6) is 0 Å². The number of nitrogen functional groups attached to an aromatic ring is 1. The van der Waals surface area contributed by atoms with E-state index in [4.69, 9.17) is 5.73 Å². The lowest BCUT2D eigenvalue weighted by atomic mass is 9.86. The lowest BCUT2D eigenvalue weighted by Crippen LogP contribution is -2.53. The highest BCUT2D eigenvalue weighted by atomic mass is 19.4. The average Bonchev–Trinajstić information content (AvgIpc) is 2.23. The van der Waals surface area contributed by atoms with Gasteiger partial charge in [0.05, 0.1) is 0 Å². The van der Waals surface area contributed by atoms with Crippen LogP contribution in [0, 0.1) is 5.41 Å². The van der Waals surface area contributed by atoms with E-state index in [-0.39, 0.29) is 11.5 Å². The van der Waals surface area contributed by atoms with Crippen molar-refractivity contribution in [1.82, 2.24) is 15.3 Å². The van der Waals surface area contributed by atoms with Crippen LogP contribution in [-0.2, 0) is 0 Å². The maximum atomic E-state index is 12.9. The second-order valence-corrected chi connectivity index (χ2v) is 5.10. The summed E-state index contributed by atoms with van der Waals surface area (Å²) in [5, 5.41) is 1.91. The molecule has 1 unspecified atom stereocenters. The van der Waals surface area contributed by atoms with Gasteiger partial charge in [-0.1, -0.05) is 20.8 Å². The molecule has 0 aliphatic rings. The van der Waals surface area contributed by atoms with E-state index < -0.39 is 23.5 Å². The maximum Gasteiger partial charge on any atom is 0.409 e. The molecule has 1 heterocycles. The van der Waals surface area contributed by atoms with E-state index >= 15 is 0 Å². The first-order valence-corrected chi connectivity index (χ1v) is 5.47. The molecule has 1 aromatic heterocycles. The third kappa shape index (κ3) is 3.80. The van der Waals surface area contributed by atoms with Gasteiger partial charge in [0.15, 0.2) is 11.5 Å². The quantitative estimate of drug-likeness (QED) is 0.862. The summed E-state index contributed by atoms with van der Waals surface area (Å²) in [6.45, 7) is 4.14. The molecule has 1 aromatic rings. The molecule has 0 fully saturated rings. The topological polar surface area (TPSA) is 80.9 Å². The minimum absolute atomic E-state index is 0.213. The molecule has 0 bridgehead atoms. The lowest BCUT2D eigenvalue weighted by Gasteiger charge is -2.32. The zero-order chi connectivity index (χ0) is 14.8. The highest BCUT2D eigenvalue weighted by molar-refractivity contribution is 5.96. The van der Waals surface area contributed by atoms with Gasteiger partial charge in [0, 0.05) is 12.4 Å². The molecule has 1 rings (SSSR count). The molecule has 19 heavy (non-hydrogen) atoms. The van der Waals surface area contributed by atoms with Crippen molar-refractivity contribution < 1.29 is 18.0 Å². The fourth-order valence-electron chi connectivity index (χ4n) is 1.51. The third-order valence-corrected chi connectivity index (χ3v) is 2.41. The minimum Gasteiger partial charge on any atom is -0.382 e. The standard InChI is InChI=1S/C11H15F3N4O/c1-10(2,3)9(11(12,13)14)18-8(19)6-7(15)17-5-4-16-6/h4-5,9H,1-3H3,(H2,15,17)(H,18,19). The number of nitrogens with zero attached hydrogens (tertiary/aromatic N) is 2. The molecule has 8 heteroatoms. The number of alkyl halides is 3. The summed E-state index contributed by atoms with van der Waals surface area (Å²) in [7, 11) is 0. The van der Waals surface area contributed by atoms with Crippen LogP contribution in [0.15, 0.2) is 12.4 Å². The Morgan fingerprint density at radius 1 is 1.26 bits per heavy atom. The summed E-state index contributed by atoms with van der Waals surface area (Å²) < 4.78 is 38.7. The van der Waals surface area contributed by atoms with Crippen LogP contribution in [0.4, 0.5) is 19.0 Å². The van der Waals surface area contributed by atoms with Crippen molar-refractivity contribution in [3.05, 3.63) is 18.1 Å². The van der Waals surface area contributed by atoms with Crippen molar-refractivity contribution in [2.24, 2.45) is 5.41 Å². The molecule has 106 valence electrons. The Morgan fingerprint density at radius 2 is 1.79 bits per heavy atom. The van der Waals surface area contributed by atoms with E-state index in [1.807, 2.05) is 5.32 Å². The minimum atomic E-state index is -4.56. The van der Waals surface area contributed by atoms with Crippen molar-refractivity contribution in [1.29, 1.82) is 0 Å². The first-order chi connectivity index (χ1) is 8.53. The molecule has 1 atom stereocenters. The maximum absolute atomic E-state index is 12.9. The van der Waals surface area contributed by atoms with Gasteiger partial charge in [0.2, 0.25) is 0 Å². The van der Waals surface area contributed by atoms with Gasteiger partial charge in [0.1, 0.15) is 6.04 Å². The fraction of sp³-hybridized carbons (Fsp3) is 0.545. The number of carbonyl (C=O) groups excluding carboxylic acids is 1. The molecular weight excluding hydrogens is 261 g/mol. The predicted octanol–water partition coefficient (Wildman–Crippen LogP) is 1.77. The van der Waals surface area contributed by atoms with Crippen LogP contribution < -0.4 is 11.1 Å². The molecule has 0 aromatic carbocycles. The molecule has 0 aliphatic carbocycles. The number of anilines is 1. The number of nitrogens with one attached hydrogen (secondary N) is 1. The van der Waals surface area contributed by atoms with Crippen LogP contribution in [0.2, 0.25) is 0 Å². The first-order valence-electron chi connectivity index (χ1n) is 5.47. The second-order valence-electron chi connectivity index (χ2n) is 5.10. The lowest BCUT2D eigenvalue weighted by molar-refractivity contribution is -0.174. The molecule has 0 aliphatic heterocycles. The Morgan fingerprint density at radius 3 is 2.21 bits per heavy atom. The monoisotopic (exact) mass is 276 g/mol. The summed E-state index contributed by atoms with van der Waals surface area (Å²) in [5.74, 6) is -1.21. The van der Waals surface area contributed by atoms with Crippen LogP contribution >= 0.6 is 0 Å². The summed E-state index contributed by atoms with van der Waals surface area (Å²) in [6, 6.07) is -2.01. The Labute approximate surface area is 108 Å². The van der Waals surface area contributed by atoms with E-state index in [1.54, 1.807) is 0 Å². The predicted molar refractivity (Wildman–Crippen MR) is 63.2 cm³/mol. The Kier molecular flexibility index (Phi) is 4.02. The van der Waals surface area contributed by atoms with E-state index in [1.165, 1.54) is 33.2 Å². The van der Waals surface area contributed by atoms with Gasteiger partial charge in [-0.25, -0.2) is 9.97 Å². The molecule has 1 amide bonds. The Hall–Kier alpha value is -1.86. The molecule has 0 radical (unpaired) electrons. The van der Waals surface area contributed by atoms with E-state index in [2.05, 4.69) is 9.97 Å². The van der Waals surface area contributed by atoms with Crippen molar-refractivity contribution in [2.75, 3.05) is 5.73 Å². The molecule has 0 saturated heterocycles. The number of nitrogens with two attached hydrogens (primary N) is 1. The van der Waals surface area contributed by atoms with Crippen molar-refractivity contribution in [3.63, 3.8) is 0 Å². The number of carbonyl (C=O) groups is 1. The molecule has 0 saturated carbocycles. The summed E-state index contributed by atoms with van der Waals surface area (Å²) >= 11 is 0. The molecule has 3 N–H and O–H groups in total. The average molecular weight is 276 g/mol. The second kappa shape index (κ2) is 5.02. The van der Waals surface area contributed by atoms with Crippen LogP contribution in [0.3, 0.4) is 0 Å². The number of rotatable bonds is 2. The van der Waals surface area contributed by atoms with Gasteiger partial charge in [-0.2, -0.15) is 13.2 Å². The fourth-order valence-corrected chi connectivity index (χ4v) is 1.51.